The molecule has 0 aliphatic rings. The number of rotatable bonds is 7. The van der Waals surface area contributed by atoms with Gasteiger partial charge in [-0.05, 0) is 48.7 Å². The number of carbonyl (C=O) groups is 1. The number of aromatic amines is 1. The van der Waals surface area contributed by atoms with Crippen molar-refractivity contribution >= 4 is 5.91 Å². The molecule has 0 unspecified atom stereocenters. The van der Waals surface area contributed by atoms with Gasteiger partial charge in [0, 0.05) is 12.5 Å². The maximum absolute atomic E-state index is 13.4. The molecule has 156 valence electrons. The number of amides is 1. The molecule has 1 aromatic heterocycles. The molecule has 0 aliphatic heterocycles. The minimum absolute atomic E-state index is 0.185. The Bertz CT molecular complexity index is 1090. The van der Waals surface area contributed by atoms with Gasteiger partial charge in [0.25, 0.3) is 5.56 Å². The lowest BCUT2D eigenvalue weighted by Gasteiger charge is -2.19. The van der Waals surface area contributed by atoms with Gasteiger partial charge < -0.3 is 15.0 Å². The molecule has 2 N–H and O–H groups in total. The van der Waals surface area contributed by atoms with E-state index in [-0.39, 0.29) is 23.7 Å². The number of benzene rings is 2. The van der Waals surface area contributed by atoms with Crippen molar-refractivity contribution in [1.29, 1.82) is 0 Å². The van der Waals surface area contributed by atoms with Gasteiger partial charge in [-0.25, -0.2) is 9.37 Å². The first-order chi connectivity index (χ1) is 14.3. The van der Waals surface area contributed by atoms with Gasteiger partial charge in [-0.3, -0.25) is 9.59 Å². The predicted octanol–water partition coefficient (Wildman–Crippen LogP) is 3.18. The van der Waals surface area contributed by atoms with Crippen molar-refractivity contribution in [2.45, 2.75) is 32.7 Å². The van der Waals surface area contributed by atoms with Gasteiger partial charge >= 0.3 is 0 Å². The Kier molecular flexibility index (Phi) is 6.61. The number of aryl methyl sites for hydroxylation is 2. The molecular formula is C23H24FN3O3. The molecule has 3 aromatic rings. The van der Waals surface area contributed by atoms with Crippen LogP contribution in [-0.2, 0) is 17.6 Å². The van der Waals surface area contributed by atoms with E-state index in [1.165, 1.54) is 18.2 Å². The van der Waals surface area contributed by atoms with Gasteiger partial charge in [0.05, 0.1) is 25.3 Å². The number of nitrogens with zero attached hydrogens (tertiary/aromatic N) is 1. The first-order valence-corrected chi connectivity index (χ1v) is 9.59. The van der Waals surface area contributed by atoms with Crippen LogP contribution < -0.4 is 15.6 Å². The number of ether oxygens (including phenoxy) is 1. The van der Waals surface area contributed by atoms with E-state index in [1.807, 2.05) is 25.1 Å². The van der Waals surface area contributed by atoms with Crippen molar-refractivity contribution in [3.8, 4) is 5.75 Å². The van der Waals surface area contributed by atoms with Crippen LogP contribution in [0.4, 0.5) is 4.39 Å². The van der Waals surface area contributed by atoms with Crippen molar-refractivity contribution in [2.75, 3.05) is 7.11 Å². The maximum Gasteiger partial charge on any atom is 0.251 e. The van der Waals surface area contributed by atoms with Crippen LogP contribution in [0, 0.1) is 19.7 Å². The van der Waals surface area contributed by atoms with Gasteiger partial charge in [0.2, 0.25) is 5.91 Å². The Morgan fingerprint density at radius 3 is 2.53 bits per heavy atom. The topological polar surface area (TPSA) is 84.1 Å². The first kappa shape index (κ1) is 21.2. The quantitative estimate of drug-likeness (QED) is 0.628. The van der Waals surface area contributed by atoms with Crippen LogP contribution in [0.25, 0.3) is 0 Å². The van der Waals surface area contributed by atoms with Crippen LogP contribution >= 0.6 is 0 Å². The normalized spacial score (nSPS) is 11.7. The Balaban J connectivity index is 1.80. The van der Waals surface area contributed by atoms with E-state index in [2.05, 4.69) is 15.3 Å². The van der Waals surface area contributed by atoms with Gasteiger partial charge in [-0.1, -0.05) is 24.3 Å². The van der Waals surface area contributed by atoms with E-state index in [0.29, 0.717) is 17.9 Å². The molecule has 0 saturated heterocycles. The van der Waals surface area contributed by atoms with Gasteiger partial charge in [-0.15, -0.1) is 0 Å². The highest BCUT2D eigenvalue weighted by atomic mass is 19.1. The summed E-state index contributed by atoms with van der Waals surface area (Å²) in [5.41, 5.74) is 2.83. The Morgan fingerprint density at radius 1 is 1.17 bits per heavy atom. The summed E-state index contributed by atoms with van der Waals surface area (Å²) in [6, 6.07) is 12.5. The maximum atomic E-state index is 13.4. The van der Waals surface area contributed by atoms with Crippen molar-refractivity contribution in [2.24, 2.45) is 0 Å². The largest absolute Gasteiger partial charge is 0.496 e. The Labute approximate surface area is 174 Å². The molecule has 2 aromatic carbocycles. The van der Waals surface area contributed by atoms with Crippen LogP contribution in [0.2, 0.25) is 0 Å². The second kappa shape index (κ2) is 9.35. The Hall–Kier alpha value is -3.48. The molecule has 1 atom stereocenters. The molecule has 1 heterocycles. The van der Waals surface area contributed by atoms with Gasteiger partial charge in [0.15, 0.2) is 0 Å². The van der Waals surface area contributed by atoms with Crippen LogP contribution in [0.5, 0.6) is 5.75 Å². The summed E-state index contributed by atoms with van der Waals surface area (Å²) in [6.07, 6.45) is 0.494. The van der Waals surface area contributed by atoms with Crippen molar-refractivity contribution < 1.29 is 13.9 Å². The van der Waals surface area contributed by atoms with Gasteiger partial charge in [-0.2, -0.15) is 0 Å². The zero-order chi connectivity index (χ0) is 21.7. The number of hydrogen-bond donors (Lipinski definition) is 2. The van der Waals surface area contributed by atoms with Crippen molar-refractivity contribution in [3.05, 3.63) is 92.9 Å². The number of methoxy groups -OCH3 is 1. The highest BCUT2D eigenvalue weighted by Gasteiger charge is 2.17. The summed E-state index contributed by atoms with van der Waals surface area (Å²) in [4.78, 5) is 31.5. The number of nitrogens with one attached hydrogen (secondary N) is 2. The summed E-state index contributed by atoms with van der Waals surface area (Å²) in [5, 5.41) is 2.99. The number of halogens is 1. The van der Waals surface area contributed by atoms with E-state index in [4.69, 9.17) is 4.74 Å². The zero-order valence-electron chi connectivity index (χ0n) is 17.2. The summed E-state index contributed by atoms with van der Waals surface area (Å²) < 4.78 is 18.6. The average molecular weight is 409 g/mol. The zero-order valence-corrected chi connectivity index (χ0v) is 17.2. The molecule has 0 radical (unpaired) electrons. The third-order valence-corrected chi connectivity index (χ3v) is 4.76. The molecule has 0 saturated carbocycles. The molecule has 0 bridgehead atoms. The smallest absolute Gasteiger partial charge is 0.251 e. The third kappa shape index (κ3) is 5.53. The molecular weight excluding hydrogens is 385 g/mol. The summed E-state index contributed by atoms with van der Waals surface area (Å²) >= 11 is 0. The lowest BCUT2D eigenvalue weighted by Crippen LogP contribution is -2.31. The van der Waals surface area contributed by atoms with Crippen LogP contribution in [0.15, 0.2) is 53.3 Å². The molecule has 0 spiro atoms. The molecule has 30 heavy (non-hydrogen) atoms. The molecule has 7 heteroatoms. The van der Waals surface area contributed by atoms with Crippen LogP contribution in [0.3, 0.4) is 0 Å². The van der Waals surface area contributed by atoms with E-state index in [1.54, 1.807) is 26.2 Å². The van der Waals surface area contributed by atoms with E-state index in [9.17, 15) is 14.0 Å². The highest BCUT2D eigenvalue weighted by Crippen LogP contribution is 2.21. The minimum Gasteiger partial charge on any atom is -0.496 e. The molecule has 3 rings (SSSR count). The number of carbonyl (C=O) groups excluding carboxylic acids is 1. The fourth-order valence-corrected chi connectivity index (χ4v) is 3.38. The fraction of sp³-hybridized carbons (Fsp3) is 0.261. The molecule has 1 amide bonds. The van der Waals surface area contributed by atoms with E-state index >= 15 is 0 Å². The van der Waals surface area contributed by atoms with E-state index < -0.39 is 6.04 Å². The monoisotopic (exact) mass is 409 g/mol. The lowest BCUT2D eigenvalue weighted by molar-refractivity contribution is -0.121. The van der Waals surface area contributed by atoms with Crippen LogP contribution in [-0.4, -0.2) is 23.0 Å². The summed E-state index contributed by atoms with van der Waals surface area (Å²) in [6.45, 7) is 3.62. The minimum atomic E-state index is -0.453. The second-order valence-corrected chi connectivity index (χ2v) is 7.18. The van der Waals surface area contributed by atoms with E-state index in [0.717, 1.165) is 22.4 Å². The number of aromatic nitrogens is 2. The predicted molar refractivity (Wildman–Crippen MR) is 112 cm³/mol. The molecule has 0 aliphatic carbocycles. The van der Waals surface area contributed by atoms with Crippen molar-refractivity contribution in [3.63, 3.8) is 0 Å². The van der Waals surface area contributed by atoms with Crippen molar-refractivity contribution in [1.82, 2.24) is 15.3 Å². The number of hydrogen-bond acceptors (Lipinski definition) is 4. The SMILES string of the molecule is COc1ccc(CC(=O)N[C@@H](Cc2cc(=O)[nH]c(C)n2)c2ccc(F)cc2)cc1C. The summed E-state index contributed by atoms with van der Waals surface area (Å²) in [5.74, 6) is 0.715. The van der Waals surface area contributed by atoms with Gasteiger partial charge in [0.1, 0.15) is 17.4 Å². The first-order valence-electron chi connectivity index (χ1n) is 9.59. The highest BCUT2D eigenvalue weighted by molar-refractivity contribution is 5.79. The average Bonchev–Trinajstić information content (AvgIpc) is 2.67. The molecule has 0 fully saturated rings. The Morgan fingerprint density at radius 2 is 1.90 bits per heavy atom. The third-order valence-electron chi connectivity index (χ3n) is 4.76. The lowest BCUT2D eigenvalue weighted by atomic mass is 10.0. The second-order valence-electron chi connectivity index (χ2n) is 7.18. The molecule has 6 nitrogen and oxygen atoms in total. The summed E-state index contributed by atoms with van der Waals surface area (Å²) in [7, 11) is 1.60. The standard InChI is InChI=1S/C23H24FN3O3/c1-14-10-16(4-9-21(14)30-3)11-22(28)27-20(17-5-7-18(24)8-6-17)12-19-13-23(29)26-15(2)25-19/h4-10,13,20H,11-12H2,1-3H3,(H,27,28)(H,25,26,29)/t20-/m0/s1. The van der Waals surface area contributed by atoms with Crippen LogP contribution in [0.1, 0.15) is 34.3 Å². The number of H-pyrrole nitrogens is 1. The fourth-order valence-electron chi connectivity index (χ4n) is 3.38.